The van der Waals surface area contributed by atoms with E-state index in [1.54, 1.807) is 19.2 Å². The molecule has 1 aromatic rings. The zero-order valence-electron chi connectivity index (χ0n) is 13.0. The molecule has 6 nitrogen and oxygen atoms in total. The minimum atomic E-state index is -0.196. The van der Waals surface area contributed by atoms with Crippen molar-refractivity contribution in [2.24, 2.45) is 0 Å². The van der Waals surface area contributed by atoms with E-state index in [4.69, 9.17) is 13.9 Å². The zero-order chi connectivity index (χ0) is 15.3. The summed E-state index contributed by atoms with van der Waals surface area (Å²) in [5, 5.41) is 2.94. The highest BCUT2D eigenvalue weighted by molar-refractivity contribution is 5.91. The van der Waals surface area contributed by atoms with Crippen LogP contribution in [0.1, 0.15) is 30.2 Å². The molecule has 0 aliphatic carbocycles. The fourth-order valence-corrected chi connectivity index (χ4v) is 2.38. The summed E-state index contributed by atoms with van der Waals surface area (Å²) >= 11 is 0. The van der Waals surface area contributed by atoms with E-state index >= 15 is 0 Å². The fraction of sp³-hybridized carbons (Fsp3) is 0.667. The maximum atomic E-state index is 12.1. The van der Waals surface area contributed by atoms with Crippen molar-refractivity contribution in [1.82, 2.24) is 10.2 Å². The Morgan fingerprint density at radius 2 is 2.10 bits per heavy atom. The highest BCUT2D eigenvalue weighted by Gasteiger charge is 2.29. The first-order valence-electron chi connectivity index (χ1n) is 7.21. The SMILES string of the molecule is COCc1ccc(C(=O)NCC(C)(C)N2CCOCC2)o1. The Labute approximate surface area is 125 Å². The van der Waals surface area contributed by atoms with E-state index in [0.717, 1.165) is 26.3 Å². The van der Waals surface area contributed by atoms with Gasteiger partial charge >= 0.3 is 0 Å². The van der Waals surface area contributed by atoms with E-state index in [-0.39, 0.29) is 11.4 Å². The normalized spacial score (nSPS) is 16.9. The molecule has 2 heterocycles. The van der Waals surface area contributed by atoms with Crippen LogP contribution < -0.4 is 5.32 Å². The van der Waals surface area contributed by atoms with E-state index in [1.807, 2.05) is 0 Å². The zero-order valence-corrected chi connectivity index (χ0v) is 13.0. The number of hydrogen-bond acceptors (Lipinski definition) is 5. The molecule has 1 N–H and O–H groups in total. The molecule has 1 saturated heterocycles. The molecule has 0 spiro atoms. The highest BCUT2D eigenvalue weighted by Crippen LogP contribution is 2.16. The summed E-state index contributed by atoms with van der Waals surface area (Å²) in [6.45, 7) is 8.45. The summed E-state index contributed by atoms with van der Waals surface area (Å²) in [5.74, 6) is 0.772. The lowest BCUT2D eigenvalue weighted by atomic mass is 10.0. The number of rotatable bonds is 6. The van der Waals surface area contributed by atoms with Crippen LogP contribution in [-0.4, -0.2) is 56.3 Å². The quantitative estimate of drug-likeness (QED) is 0.856. The Morgan fingerprint density at radius 1 is 1.38 bits per heavy atom. The molecular formula is C15H24N2O4. The standard InChI is InChI=1S/C15H24N2O4/c1-15(2,17-6-8-20-9-7-17)11-16-14(18)13-5-4-12(21-13)10-19-3/h4-5H,6-11H2,1-3H3,(H,16,18). The molecular weight excluding hydrogens is 272 g/mol. The second-order valence-electron chi connectivity index (χ2n) is 5.79. The molecule has 0 radical (unpaired) electrons. The topological polar surface area (TPSA) is 63.9 Å². The van der Waals surface area contributed by atoms with Crippen LogP contribution in [-0.2, 0) is 16.1 Å². The number of carbonyl (C=O) groups excluding carboxylic acids is 1. The molecule has 6 heteroatoms. The van der Waals surface area contributed by atoms with E-state index in [9.17, 15) is 4.79 Å². The number of ether oxygens (including phenoxy) is 2. The van der Waals surface area contributed by atoms with E-state index in [2.05, 4.69) is 24.1 Å². The van der Waals surface area contributed by atoms with Gasteiger partial charge in [0.1, 0.15) is 12.4 Å². The first-order chi connectivity index (χ1) is 10.0. The van der Waals surface area contributed by atoms with Crippen LogP contribution in [0.15, 0.2) is 16.5 Å². The maximum absolute atomic E-state index is 12.1. The number of carbonyl (C=O) groups is 1. The minimum absolute atomic E-state index is 0.110. The predicted octanol–water partition coefficient (Wildman–Crippen LogP) is 1.27. The first-order valence-corrected chi connectivity index (χ1v) is 7.21. The third kappa shape index (κ3) is 4.30. The molecule has 0 bridgehead atoms. The summed E-state index contributed by atoms with van der Waals surface area (Å²) in [4.78, 5) is 14.4. The van der Waals surface area contributed by atoms with Gasteiger partial charge in [-0.3, -0.25) is 9.69 Å². The van der Waals surface area contributed by atoms with Gasteiger partial charge in [0.05, 0.1) is 13.2 Å². The van der Waals surface area contributed by atoms with Crippen LogP contribution in [0, 0.1) is 0 Å². The van der Waals surface area contributed by atoms with Crippen molar-refractivity contribution in [3.63, 3.8) is 0 Å². The van der Waals surface area contributed by atoms with Crippen molar-refractivity contribution < 1.29 is 18.7 Å². The molecule has 118 valence electrons. The number of morpholine rings is 1. The number of amides is 1. The van der Waals surface area contributed by atoms with Crippen molar-refractivity contribution in [3.8, 4) is 0 Å². The van der Waals surface area contributed by atoms with Gasteiger partial charge < -0.3 is 19.2 Å². The molecule has 2 rings (SSSR count). The number of furan rings is 1. The van der Waals surface area contributed by atoms with Crippen molar-refractivity contribution >= 4 is 5.91 Å². The van der Waals surface area contributed by atoms with Crippen LogP contribution in [0.2, 0.25) is 0 Å². The van der Waals surface area contributed by atoms with Gasteiger partial charge in [-0.2, -0.15) is 0 Å². The summed E-state index contributed by atoms with van der Waals surface area (Å²) < 4.78 is 15.8. The lowest BCUT2D eigenvalue weighted by molar-refractivity contribution is -0.00930. The number of methoxy groups -OCH3 is 1. The summed E-state index contributed by atoms with van der Waals surface area (Å²) in [7, 11) is 1.59. The Kier molecular flexibility index (Phi) is 5.39. The molecule has 1 amide bonds. The largest absolute Gasteiger partial charge is 0.453 e. The second kappa shape index (κ2) is 7.06. The minimum Gasteiger partial charge on any atom is -0.453 e. The van der Waals surface area contributed by atoms with Crippen molar-refractivity contribution in [2.45, 2.75) is 26.0 Å². The van der Waals surface area contributed by atoms with Gasteiger partial charge in [0, 0.05) is 32.3 Å². The number of hydrogen-bond donors (Lipinski definition) is 1. The van der Waals surface area contributed by atoms with Crippen LogP contribution >= 0.6 is 0 Å². The van der Waals surface area contributed by atoms with Gasteiger partial charge in [-0.25, -0.2) is 0 Å². The van der Waals surface area contributed by atoms with Crippen LogP contribution in [0.3, 0.4) is 0 Å². The summed E-state index contributed by atoms with van der Waals surface area (Å²) in [6, 6.07) is 3.43. The van der Waals surface area contributed by atoms with Gasteiger partial charge in [-0.1, -0.05) is 0 Å². The van der Waals surface area contributed by atoms with Crippen LogP contribution in [0.25, 0.3) is 0 Å². The average molecular weight is 296 g/mol. The molecule has 0 aromatic carbocycles. The lowest BCUT2D eigenvalue weighted by Gasteiger charge is -2.40. The highest BCUT2D eigenvalue weighted by atomic mass is 16.5. The Balaban J connectivity index is 1.86. The van der Waals surface area contributed by atoms with E-state index < -0.39 is 0 Å². The Morgan fingerprint density at radius 3 is 2.76 bits per heavy atom. The second-order valence-corrected chi connectivity index (χ2v) is 5.79. The Hall–Kier alpha value is -1.37. The van der Waals surface area contributed by atoms with Crippen LogP contribution in [0.4, 0.5) is 0 Å². The maximum Gasteiger partial charge on any atom is 0.287 e. The number of nitrogens with zero attached hydrogens (tertiary/aromatic N) is 1. The Bertz CT molecular complexity index is 464. The molecule has 0 unspecified atom stereocenters. The van der Waals surface area contributed by atoms with Gasteiger partial charge in [0.25, 0.3) is 5.91 Å². The monoisotopic (exact) mass is 296 g/mol. The molecule has 0 atom stereocenters. The van der Waals surface area contributed by atoms with E-state index in [1.165, 1.54) is 0 Å². The van der Waals surface area contributed by atoms with Gasteiger partial charge in [0.2, 0.25) is 0 Å². The number of nitrogens with one attached hydrogen (secondary N) is 1. The molecule has 21 heavy (non-hydrogen) atoms. The van der Waals surface area contributed by atoms with Crippen molar-refractivity contribution in [2.75, 3.05) is 40.0 Å². The fourth-order valence-electron chi connectivity index (χ4n) is 2.38. The van der Waals surface area contributed by atoms with E-state index in [0.29, 0.717) is 24.7 Å². The first kappa shape index (κ1) is 16.0. The molecule has 1 fully saturated rings. The molecule has 1 aliphatic heterocycles. The summed E-state index contributed by atoms with van der Waals surface area (Å²) in [5.41, 5.74) is -0.110. The smallest absolute Gasteiger partial charge is 0.287 e. The predicted molar refractivity (Wildman–Crippen MR) is 78.2 cm³/mol. The van der Waals surface area contributed by atoms with Gasteiger partial charge in [-0.05, 0) is 26.0 Å². The third-order valence-electron chi connectivity index (χ3n) is 3.72. The molecule has 1 aliphatic rings. The van der Waals surface area contributed by atoms with Gasteiger partial charge in [0.15, 0.2) is 5.76 Å². The molecule has 1 aromatic heterocycles. The summed E-state index contributed by atoms with van der Waals surface area (Å²) in [6.07, 6.45) is 0. The third-order valence-corrected chi connectivity index (χ3v) is 3.72. The molecule has 0 saturated carbocycles. The van der Waals surface area contributed by atoms with Crippen molar-refractivity contribution in [1.29, 1.82) is 0 Å². The lowest BCUT2D eigenvalue weighted by Crippen LogP contribution is -2.55. The van der Waals surface area contributed by atoms with Gasteiger partial charge in [-0.15, -0.1) is 0 Å². The van der Waals surface area contributed by atoms with Crippen molar-refractivity contribution in [3.05, 3.63) is 23.7 Å². The van der Waals surface area contributed by atoms with Crippen LogP contribution in [0.5, 0.6) is 0 Å². The average Bonchev–Trinajstić information content (AvgIpc) is 2.95.